The van der Waals surface area contributed by atoms with Crippen LogP contribution in [-0.4, -0.2) is 42.8 Å². The van der Waals surface area contributed by atoms with Crippen LogP contribution in [0, 0.1) is 13.8 Å². The Balaban J connectivity index is 1.94. The van der Waals surface area contributed by atoms with E-state index < -0.39 is 0 Å². The third-order valence-electron chi connectivity index (χ3n) is 4.50. The lowest BCUT2D eigenvalue weighted by molar-refractivity contribution is 0.0504. The zero-order valence-electron chi connectivity index (χ0n) is 15.2. The quantitative estimate of drug-likeness (QED) is 0.611. The minimum atomic E-state index is -0.160. The van der Waals surface area contributed by atoms with E-state index >= 15 is 0 Å². The lowest BCUT2D eigenvalue weighted by atomic mass is 10.0. The summed E-state index contributed by atoms with van der Waals surface area (Å²) in [6, 6.07) is 14.8. The van der Waals surface area contributed by atoms with Crippen molar-refractivity contribution in [2.24, 2.45) is 0 Å². The first-order valence-corrected chi connectivity index (χ1v) is 8.81. The first kappa shape index (κ1) is 18.1. The van der Waals surface area contributed by atoms with Crippen LogP contribution in [0.5, 0.6) is 0 Å². The Bertz CT molecular complexity index is 813. The van der Waals surface area contributed by atoms with Gasteiger partial charge in [-0.25, -0.2) is 0 Å². The highest BCUT2D eigenvalue weighted by molar-refractivity contribution is 6.14. The molecule has 2 aromatic rings. The molecule has 1 heterocycles. The number of hydrogen-bond donors (Lipinski definition) is 0. The molecule has 0 unspecified atom stereocenters. The maximum atomic E-state index is 13.1. The van der Waals surface area contributed by atoms with E-state index in [9.17, 15) is 9.59 Å². The van der Waals surface area contributed by atoms with Gasteiger partial charge < -0.3 is 9.64 Å². The second-order valence-electron chi connectivity index (χ2n) is 6.55. The molecule has 2 aromatic carbocycles. The van der Waals surface area contributed by atoms with E-state index in [-0.39, 0.29) is 11.6 Å². The molecule has 0 atom stereocenters. The molecule has 1 saturated heterocycles. The Morgan fingerprint density at radius 1 is 0.846 bits per heavy atom. The number of rotatable bonds is 5. The molecule has 1 aliphatic heterocycles. The summed E-state index contributed by atoms with van der Waals surface area (Å²) in [4.78, 5) is 27.7. The Hall–Kier alpha value is -2.72. The van der Waals surface area contributed by atoms with E-state index in [1.807, 2.05) is 55.1 Å². The maximum Gasteiger partial charge on any atom is 0.209 e. The van der Waals surface area contributed by atoms with Crippen LogP contribution in [0.15, 0.2) is 60.3 Å². The molecule has 0 amide bonds. The van der Waals surface area contributed by atoms with Crippen LogP contribution < -0.4 is 0 Å². The van der Waals surface area contributed by atoms with Gasteiger partial charge in [0.15, 0.2) is 5.78 Å². The highest BCUT2D eigenvalue weighted by Crippen LogP contribution is 2.17. The highest BCUT2D eigenvalue weighted by Gasteiger charge is 2.22. The average molecular weight is 349 g/mol. The van der Waals surface area contributed by atoms with Crippen molar-refractivity contribution in [3.05, 3.63) is 82.6 Å². The monoisotopic (exact) mass is 349 g/mol. The number of Topliss-reactive ketones (excluding diaryl/α,β-unsaturated/α-hetero) is 1. The van der Waals surface area contributed by atoms with Crippen molar-refractivity contribution in [1.82, 2.24) is 4.90 Å². The fraction of sp³-hybridized carbons (Fsp3) is 0.273. The van der Waals surface area contributed by atoms with Crippen LogP contribution in [0.1, 0.15) is 31.8 Å². The van der Waals surface area contributed by atoms with Gasteiger partial charge in [-0.15, -0.1) is 0 Å². The number of nitrogens with zero attached hydrogens (tertiary/aromatic N) is 1. The number of benzene rings is 2. The highest BCUT2D eigenvalue weighted by atomic mass is 16.5. The molecule has 4 heteroatoms. The molecule has 1 fully saturated rings. The first-order valence-electron chi connectivity index (χ1n) is 8.81. The van der Waals surface area contributed by atoms with Gasteiger partial charge in [-0.05, 0) is 13.8 Å². The SMILES string of the molecule is Cc1ccc(C(=O)/C=C(\C(=O)c2ccc(C)cc2)N2CCOCC2)cc1. The molecule has 0 spiro atoms. The van der Waals surface area contributed by atoms with Crippen LogP contribution in [0.25, 0.3) is 0 Å². The summed E-state index contributed by atoms with van der Waals surface area (Å²) in [6.45, 7) is 6.27. The van der Waals surface area contributed by atoms with Crippen LogP contribution >= 0.6 is 0 Å². The molecule has 0 aliphatic carbocycles. The van der Waals surface area contributed by atoms with Crippen LogP contribution in [0.3, 0.4) is 0 Å². The molecule has 0 N–H and O–H groups in total. The van der Waals surface area contributed by atoms with Crippen molar-refractivity contribution in [2.45, 2.75) is 13.8 Å². The second kappa shape index (κ2) is 8.11. The minimum Gasteiger partial charge on any atom is -0.378 e. The van der Waals surface area contributed by atoms with Crippen LogP contribution in [-0.2, 0) is 4.74 Å². The first-order chi connectivity index (χ1) is 12.5. The van der Waals surface area contributed by atoms with Gasteiger partial charge in [0.05, 0.1) is 18.9 Å². The predicted molar refractivity (Wildman–Crippen MR) is 101 cm³/mol. The van der Waals surface area contributed by atoms with Gasteiger partial charge in [0.2, 0.25) is 5.78 Å². The molecule has 134 valence electrons. The summed E-state index contributed by atoms with van der Waals surface area (Å²) in [5.41, 5.74) is 3.79. The van der Waals surface area contributed by atoms with Crippen LogP contribution in [0.4, 0.5) is 0 Å². The summed E-state index contributed by atoms with van der Waals surface area (Å²) in [6.07, 6.45) is 1.47. The van der Waals surface area contributed by atoms with E-state index in [1.165, 1.54) is 6.08 Å². The van der Waals surface area contributed by atoms with E-state index in [2.05, 4.69) is 0 Å². The van der Waals surface area contributed by atoms with Gasteiger partial charge in [0, 0.05) is 30.3 Å². The molecule has 3 rings (SSSR count). The standard InChI is InChI=1S/C22H23NO3/c1-16-3-7-18(8-4-16)21(24)15-20(23-11-13-26-14-12-23)22(25)19-9-5-17(2)6-10-19/h3-10,15H,11-14H2,1-2H3/b20-15+. The Morgan fingerprint density at radius 2 is 1.35 bits per heavy atom. The molecule has 26 heavy (non-hydrogen) atoms. The fourth-order valence-corrected chi connectivity index (χ4v) is 2.88. The summed E-state index contributed by atoms with van der Waals surface area (Å²) < 4.78 is 5.39. The summed E-state index contributed by atoms with van der Waals surface area (Å²) in [5, 5.41) is 0. The largest absolute Gasteiger partial charge is 0.378 e. The zero-order chi connectivity index (χ0) is 18.5. The van der Waals surface area contributed by atoms with Crippen molar-refractivity contribution in [1.29, 1.82) is 0 Å². The van der Waals surface area contributed by atoms with Gasteiger partial charge in [0.1, 0.15) is 0 Å². The lowest BCUT2D eigenvalue weighted by Crippen LogP contribution is -2.38. The Kier molecular flexibility index (Phi) is 5.64. The average Bonchev–Trinajstić information content (AvgIpc) is 2.67. The molecular formula is C22H23NO3. The molecule has 0 aromatic heterocycles. The number of morpholine rings is 1. The van der Waals surface area contributed by atoms with Gasteiger partial charge in [0.25, 0.3) is 0 Å². The number of hydrogen-bond acceptors (Lipinski definition) is 4. The molecule has 4 nitrogen and oxygen atoms in total. The van der Waals surface area contributed by atoms with Crippen molar-refractivity contribution in [3.63, 3.8) is 0 Å². The molecule has 0 bridgehead atoms. The molecule has 0 saturated carbocycles. The third kappa shape index (κ3) is 4.27. The van der Waals surface area contributed by atoms with E-state index in [1.54, 1.807) is 12.1 Å². The van der Waals surface area contributed by atoms with Crippen molar-refractivity contribution < 1.29 is 14.3 Å². The molecule has 0 radical (unpaired) electrons. The van der Waals surface area contributed by atoms with E-state index in [0.717, 1.165) is 11.1 Å². The third-order valence-corrected chi connectivity index (χ3v) is 4.50. The Labute approximate surface area is 154 Å². The van der Waals surface area contributed by atoms with Crippen molar-refractivity contribution >= 4 is 11.6 Å². The smallest absolute Gasteiger partial charge is 0.209 e. The zero-order valence-corrected chi connectivity index (χ0v) is 15.2. The normalized spacial score (nSPS) is 15.0. The minimum absolute atomic E-state index is 0.132. The number of carbonyl (C=O) groups is 2. The van der Waals surface area contributed by atoms with E-state index in [4.69, 9.17) is 4.74 Å². The predicted octanol–water partition coefficient (Wildman–Crippen LogP) is 3.59. The second-order valence-corrected chi connectivity index (χ2v) is 6.55. The maximum absolute atomic E-state index is 13.1. The summed E-state index contributed by atoms with van der Waals surface area (Å²) in [5.74, 6) is -0.292. The molecule has 1 aliphatic rings. The number of allylic oxidation sites excluding steroid dienone is 2. The number of carbonyl (C=O) groups excluding carboxylic acids is 2. The summed E-state index contributed by atoms with van der Waals surface area (Å²) in [7, 11) is 0. The van der Waals surface area contributed by atoms with Crippen molar-refractivity contribution in [3.8, 4) is 0 Å². The van der Waals surface area contributed by atoms with Gasteiger partial charge in [-0.3, -0.25) is 9.59 Å². The van der Waals surface area contributed by atoms with Gasteiger partial charge >= 0.3 is 0 Å². The number of ketones is 2. The summed E-state index contributed by atoms with van der Waals surface area (Å²) >= 11 is 0. The number of ether oxygens (including phenoxy) is 1. The molecular weight excluding hydrogens is 326 g/mol. The van der Waals surface area contributed by atoms with Gasteiger partial charge in [-0.1, -0.05) is 59.7 Å². The number of aryl methyl sites for hydroxylation is 2. The van der Waals surface area contributed by atoms with Gasteiger partial charge in [-0.2, -0.15) is 0 Å². The fourth-order valence-electron chi connectivity index (χ4n) is 2.88. The van der Waals surface area contributed by atoms with Crippen molar-refractivity contribution in [2.75, 3.05) is 26.3 Å². The van der Waals surface area contributed by atoms with Crippen LogP contribution in [0.2, 0.25) is 0 Å². The Morgan fingerprint density at radius 3 is 1.88 bits per heavy atom. The van der Waals surface area contributed by atoms with E-state index in [0.29, 0.717) is 43.1 Å². The lowest BCUT2D eigenvalue weighted by Gasteiger charge is -2.30. The topological polar surface area (TPSA) is 46.6 Å².